The maximum absolute atomic E-state index is 6.16. The van der Waals surface area contributed by atoms with Crippen LogP contribution in [0, 0.1) is 5.92 Å². The summed E-state index contributed by atoms with van der Waals surface area (Å²) in [6, 6.07) is 7.97. The molecule has 0 unspecified atom stereocenters. The molecule has 0 spiro atoms. The van der Waals surface area contributed by atoms with Gasteiger partial charge in [-0.2, -0.15) is 0 Å². The lowest BCUT2D eigenvalue weighted by Gasteiger charge is -2.27. The summed E-state index contributed by atoms with van der Waals surface area (Å²) in [4.78, 5) is 2.29. The number of nitrogens with zero attached hydrogens (tertiary/aromatic N) is 1. The van der Waals surface area contributed by atoms with Crippen LogP contribution in [-0.4, -0.2) is 23.4 Å². The Hall–Kier alpha value is -0.150. The normalized spacial score (nSPS) is 13.5. The molecule has 0 amide bonds. The van der Waals surface area contributed by atoms with Crippen molar-refractivity contribution in [3.8, 4) is 0 Å². The van der Waals surface area contributed by atoms with Crippen LogP contribution >= 0.6 is 34.8 Å². The van der Waals surface area contributed by atoms with E-state index in [9.17, 15) is 0 Å². The van der Waals surface area contributed by atoms with Gasteiger partial charge in [-0.25, -0.2) is 0 Å². The molecule has 0 aliphatic heterocycles. The third-order valence-corrected chi connectivity index (χ3v) is 4.41. The first-order valence-electron chi connectivity index (χ1n) is 7.94. The van der Waals surface area contributed by atoms with Gasteiger partial charge in [0.15, 0.2) is 0 Å². The Labute approximate surface area is 150 Å². The van der Waals surface area contributed by atoms with Gasteiger partial charge in [0.1, 0.15) is 0 Å². The van der Waals surface area contributed by atoms with Crippen LogP contribution in [0.15, 0.2) is 24.3 Å². The van der Waals surface area contributed by atoms with Gasteiger partial charge in [0.2, 0.25) is 3.79 Å². The molecule has 0 radical (unpaired) electrons. The summed E-state index contributed by atoms with van der Waals surface area (Å²) in [5.74, 6) is 0.619. The second kappa shape index (κ2) is 9.22. The summed E-state index contributed by atoms with van der Waals surface area (Å²) in [6.45, 7) is 11.5. The highest BCUT2D eigenvalue weighted by molar-refractivity contribution is 6.68. The third kappa shape index (κ3) is 6.16. The average Bonchev–Trinajstić information content (AvgIpc) is 2.44. The molecule has 1 rings (SSSR count). The van der Waals surface area contributed by atoms with Crippen molar-refractivity contribution in [2.24, 2.45) is 5.92 Å². The van der Waals surface area contributed by atoms with E-state index in [-0.39, 0.29) is 6.04 Å². The van der Waals surface area contributed by atoms with Crippen molar-refractivity contribution >= 4 is 40.5 Å². The predicted octanol–water partition coefficient (Wildman–Crippen LogP) is 5.58. The Morgan fingerprint density at radius 2 is 1.59 bits per heavy atom. The van der Waals surface area contributed by atoms with E-state index in [1.807, 2.05) is 12.1 Å². The smallest absolute Gasteiger partial charge is 0.209 e. The summed E-state index contributed by atoms with van der Waals surface area (Å²) in [5, 5.41) is 3.37. The highest BCUT2D eigenvalue weighted by Gasteiger charge is 2.33. The summed E-state index contributed by atoms with van der Waals surface area (Å²) < 4.78 is -1.37. The van der Waals surface area contributed by atoms with Crippen LogP contribution < -0.4 is 10.2 Å². The molecule has 2 nitrogen and oxygen atoms in total. The van der Waals surface area contributed by atoms with E-state index in [0.29, 0.717) is 5.92 Å². The number of halogens is 3. The standard InChI is InChI=1S/C17H27Cl3N2/c1-5-22(6-2)15-9-7-14(8-10-15)16(17(18,19)20)21-12-11-13(3)4/h7-10,13,16,21H,5-6,11-12H2,1-4H3/t16-/m0/s1. The van der Waals surface area contributed by atoms with E-state index < -0.39 is 3.79 Å². The lowest BCUT2D eigenvalue weighted by atomic mass is 10.1. The van der Waals surface area contributed by atoms with E-state index in [0.717, 1.165) is 31.6 Å². The van der Waals surface area contributed by atoms with Crippen molar-refractivity contribution in [1.82, 2.24) is 5.32 Å². The molecule has 1 aromatic rings. The van der Waals surface area contributed by atoms with Crippen LogP contribution in [0.5, 0.6) is 0 Å². The zero-order chi connectivity index (χ0) is 16.8. The lowest BCUT2D eigenvalue weighted by molar-refractivity contribution is 0.481. The number of hydrogen-bond acceptors (Lipinski definition) is 2. The molecule has 1 atom stereocenters. The molecular formula is C17H27Cl3N2. The van der Waals surface area contributed by atoms with Gasteiger partial charge >= 0.3 is 0 Å². The van der Waals surface area contributed by atoms with Gasteiger partial charge in [0.25, 0.3) is 0 Å². The highest BCUT2D eigenvalue weighted by atomic mass is 35.6. The van der Waals surface area contributed by atoms with Gasteiger partial charge < -0.3 is 10.2 Å². The van der Waals surface area contributed by atoms with Gasteiger partial charge in [-0.1, -0.05) is 60.8 Å². The Kier molecular flexibility index (Phi) is 8.34. The van der Waals surface area contributed by atoms with Crippen LogP contribution in [0.25, 0.3) is 0 Å². The maximum atomic E-state index is 6.16. The molecule has 0 saturated heterocycles. The molecule has 22 heavy (non-hydrogen) atoms. The summed E-state index contributed by atoms with van der Waals surface area (Å²) in [5.41, 5.74) is 2.19. The van der Waals surface area contributed by atoms with Crippen LogP contribution in [0.4, 0.5) is 5.69 Å². The van der Waals surface area contributed by atoms with E-state index in [4.69, 9.17) is 34.8 Å². The summed E-state index contributed by atoms with van der Waals surface area (Å²) >= 11 is 18.5. The fourth-order valence-corrected chi connectivity index (χ4v) is 3.01. The maximum Gasteiger partial charge on any atom is 0.209 e. The van der Waals surface area contributed by atoms with Crippen molar-refractivity contribution in [1.29, 1.82) is 0 Å². The van der Waals surface area contributed by atoms with E-state index in [1.165, 1.54) is 5.69 Å². The first kappa shape index (κ1) is 19.9. The van der Waals surface area contributed by atoms with Gasteiger partial charge in [-0.05, 0) is 50.4 Å². The number of rotatable bonds is 8. The minimum Gasteiger partial charge on any atom is -0.372 e. The van der Waals surface area contributed by atoms with Crippen LogP contribution in [0.2, 0.25) is 0 Å². The number of nitrogens with one attached hydrogen (secondary N) is 1. The third-order valence-electron chi connectivity index (χ3n) is 3.75. The summed E-state index contributed by atoms with van der Waals surface area (Å²) in [6.07, 6.45) is 1.05. The predicted molar refractivity (Wildman–Crippen MR) is 100 cm³/mol. The molecule has 0 heterocycles. The molecule has 0 aromatic heterocycles. The van der Waals surface area contributed by atoms with Gasteiger partial charge in [-0.3, -0.25) is 0 Å². The monoisotopic (exact) mass is 364 g/mol. The summed E-state index contributed by atoms with van der Waals surface area (Å²) in [7, 11) is 0. The highest BCUT2D eigenvalue weighted by Crippen LogP contribution is 2.40. The molecule has 0 bridgehead atoms. The molecule has 0 fully saturated rings. The lowest BCUT2D eigenvalue weighted by Crippen LogP contribution is -2.33. The first-order valence-corrected chi connectivity index (χ1v) is 9.08. The van der Waals surface area contributed by atoms with E-state index in [1.54, 1.807) is 0 Å². The quantitative estimate of drug-likeness (QED) is 0.605. The van der Waals surface area contributed by atoms with Crippen LogP contribution in [0.3, 0.4) is 0 Å². The van der Waals surface area contributed by atoms with E-state index in [2.05, 4.69) is 50.0 Å². The zero-order valence-electron chi connectivity index (χ0n) is 13.9. The minimum atomic E-state index is -1.37. The Morgan fingerprint density at radius 1 is 1.05 bits per heavy atom. The average molecular weight is 366 g/mol. The van der Waals surface area contributed by atoms with Crippen LogP contribution in [0.1, 0.15) is 45.7 Å². The largest absolute Gasteiger partial charge is 0.372 e. The molecule has 5 heteroatoms. The Morgan fingerprint density at radius 3 is 2.00 bits per heavy atom. The fourth-order valence-electron chi connectivity index (χ4n) is 2.41. The van der Waals surface area contributed by atoms with Gasteiger partial charge in [0, 0.05) is 18.8 Å². The fraction of sp³-hybridized carbons (Fsp3) is 0.647. The van der Waals surface area contributed by atoms with Gasteiger partial charge in [-0.15, -0.1) is 0 Å². The Bertz CT molecular complexity index is 423. The molecule has 0 saturated carbocycles. The topological polar surface area (TPSA) is 15.3 Å². The van der Waals surface area contributed by atoms with Crippen molar-refractivity contribution in [2.45, 2.75) is 44.0 Å². The zero-order valence-corrected chi connectivity index (χ0v) is 16.1. The molecule has 1 aromatic carbocycles. The second-order valence-corrected chi connectivity index (χ2v) is 8.24. The van der Waals surface area contributed by atoms with Crippen molar-refractivity contribution in [3.05, 3.63) is 29.8 Å². The SMILES string of the molecule is CCN(CC)c1ccc([C@H](NCCC(C)C)C(Cl)(Cl)Cl)cc1. The number of alkyl halides is 3. The number of benzene rings is 1. The second-order valence-electron chi connectivity index (χ2n) is 5.88. The molecule has 1 N–H and O–H groups in total. The van der Waals surface area contributed by atoms with Gasteiger partial charge in [0.05, 0.1) is 6.04 Å². The number of hydrogen-bond donors (Lipinski definition) is 1. The van der Waals surface area contributed by atoms with Crippen molar-refractivity contribution < 1.29 is 0 Å². The van der Waals surface area contributed by atoms with E-state index >= 15 is 0 Å². The molecule has 0 aliphatic carbocycles. The van der Waals surface area contributed by atoms with Crippen LogP contribution in [-0.2, 0) is 0 Å². The number of anilines is 1. The molecule has 0 aliphatic rings. The first-order chi connectivity index (χ1) is 10.3. The minimum absolute atomic E-state index is 0.304. The Balaban J connectivity index is 2.86. The van der Waals surface area contributed by atoms with Crippen molar-refractivity contribution in [2.75, 3.05) is 24.5 Å². The van der Waals surface area contributed by atoms with Crippen molar-refractivity contribution in [3.63, 3.8) is 0 Å². The molecule has 126 valence electrons. The molecular weight excluding hydrogens is 339 g/mol.